The standard InChI is InChI=1S/C20H18N4O3/c1-13(14-7-9-15(26-2)10-8-14)24-27-12-19(25)16(11-21)20-22-17-5-3-4-6-18(17)23-20/h3-10,25H,12H2,1-2H3,(H,22,23). The van der Waals surface area contributed by atoms with E-state index >= 15 is 0 Å². The molecule has 0 amide bonds. The van der Waals surface area contributed by atoms with Crippen molar-refractivity contribution in [3.8, 4) is 11.8 Å². The van der Waals surface area contributed by atoms with Crippen molar-refractivity contribution in [2.24, 2.45) is 5.16 Å². The average Bonchev–Trinajstić information content (AvgIpc) is 3.12. The second-order valence-corrected chi connectivity index (χ2v) is 5.71. The number of nitriles is 1. The van der Waals surface area contributed by atoms with Crippen LogP contribution in [0, 0.1) is 11.3 Å². The number of hydrogen-bond acceptors (Lipinski definition) is 6. The van der Waals surface area contributed by atoms with Crippen LogP contribution in [0.4, 0.5) is 0 Å². The second-order valence-electron chi connectivity index (χ2n) is 5.71. The molecule has 0 atom stereocenters. The number of nitrogens with one attached hydrogen (secondary N) is 1. The lowest BCUT2D eigenvalue weighted by molar-refractivity contribution is 0.137. The molecule has 0 aliphatic carbocycles. The quantitative estimate of drug-likeness (QED) is 0.300. The van der Waals surface area contributed by atoms with Gasteiger partial charge in [0, 0.05) is 0 Å². The Morgan fingerprint density at radius 2 is 1.96 bits per heavy atom. The number of oxime groups is 1. The van der Waals surface area contributed by atoms with E-state index < -0.39 is 0 Å². The van der Waals surface area contributed by atoms with Crippen LogP contribution < -0.4 is 4.74 Å². The van der Waals surface area contributed by atoms with Gasteiger partial charge < -0.3 is 19.7 Å². The van der Waals surface area contributed by atoms with Gasteiger partial charge in [-0.25, -0.2) is 4.98 Å². The summed E-state index contributed by atoms with van der Waals surface area (Å²) >= 11 is 0. The highest BCUT2D eigenvalue weighted by Crippen LogP contribution is 2.19. The molecule has 7 heteroatoms. The number of rotatable bonds is 6. The van der Waals surface area contributed by atoms with Crippen molar-refractivity contribution in [1.29, 1.82) is 5.26 Å². The lowest BCUT2D eigenvalue weighted by Crippen LogP contribution is -2.01. The molecule has 1 aromatic heterocycles. The van der Waals surface area contributed by atoms with Crippen molar-refractivity contribution < 1.29 is 14.7 Å². The first-order chi connectivity index (χ1) is 13.1. The molecule has 0 saturated heterocycles. The monoisotopic (exact) mass is 362 g/mol. The summed E-state index contributed by atoms with van der Waals surface area (Å²) in [5.74, 6) is 0.788. The number of aliphatic hydroxyl groups is 1. The molecule has 7 nitrogen and oxygen atoms in total. The maximum atomic E-state index is 10.2. The third-order valence-corrected chi connectivity index (χ3v) is 3.94. The molecule has 0 aliphatic heterocycles. The highest BCUT2D eigenvalue weighted by molar-refractivity contribution is 5.98. The number of nitrogens with zero attached hydrogens (tertiary/aromatic N) is 3. The van der Waals surface area contributed by atoms with Crippen LogP contribution in [0.5, 0.6) is 5.75 Å². The molecule has 0 aliphatic rings. The summed E-state index contributed by atoms with van der Waals surface area (Å²) in [6.45, 7) is 1.54. The highest BCUT2D eigenvalue weighted by atomic mass is 16.6. The molecule has 0 saturated carbocycles. The minimum absolute atomic E-state index is 0.0171. The molecule has 1 heterocycles. The van der Waals surface area contributed by atoms with Crippen molar-refractivity contribution in [2.45, 2.75) is 6.92 Å². The largest absolute Gasteiger partial charge is 0.507 e. The minimum Gasteiger partial charge on any atom is -0.507 e. The number of ether oxygens (including phenoxy) is 1. The van der Waals surface area contributed by atoms with Gasteiger partial charge in [0.25, 0.3) is 0 Å². The smallest absolute Gasteiger partial charge is 0.175 e. The van der Waals surface area contributed by atoms with E-state index in [2.05, 4.69) is 15.1 Å². The zero-order valence-electron chi connectivity index (χ0n) is 14.9. The number of benzene rings is 2. The summed E-state index contributed by atoms with van der Waals surface area (Å²) in [6.07, 6.45) is 0. The molecule has 2 N–H and O–H groups in total. The van der Waals surface area contributed by atoms with Crippen molar-refractivity contribution in [2.75, 3.05) is 13.7 Å². The first-order valence-corrected chi connectivity index (χ1v) is 8.20. The van der Waals surface area contributed by atoms with Crippen LogP contribution >= 0.6 is 0 Å². The number of para-hydroxylation sites is 2. The second kappa shape index (κ2) is 8.06. The lowest BCUT2D eigenvalue weighted by atomic mass is 10.1. The molecule has 0 bridgehead atoms. The van der Waals surface area contributed by atoms with Gasteiger partial charge >= 0.3 is 0 Å². The van der Waals surface area contributed by atoms with Gasteiger partial charge in [0.15, 0.2) is 18.2 Å². The summed E-state index contributed by atoms with van der Waals surface area (Å²) in [4.78, 5) is 12.5. The molecular weight excluding hydrogens is 344 g/mol. The predicted molar refractivity (Wildman–Crippen MR) is 102 cm³/mol. The third-order valence-electron chi connectivity index (χ3n) is 3.94. The van der Waals surface area contributed by atoms with E-state index in [0.717, 1.165) is 16.8 Å². The fraction of sp³-hybridized carbons (Fsp3) is 0.150. The van der Waals surface area contributed by atoms with E-state index in [4.69, 9.17) is 9.57 Å². The number of aliphatic hydroxyl groups excluding tert-OH is 1. The number of methoxy groups -OCH3 is 1. The first-order valence-electron chi connectivity index (χ1n) is 8.20. The summed E-state index contributed by atoms with van der Waals surface area (Å²) in [6, 6.07) is 16.7. The topological polar surface area (TPSA) is 104 Å². The average molecular weight is 362 g/mol. The van der Waals surface area contributed by atoms with Gasteiger partial charge in [0.05, 0.1) is 23.9 Å². The maximum absolute atomic E-state index is 10.2. The molecule has 3 rings (SSSR count). The minimum atomic E-state index is -0.247. The fourth-order valence-corrected chi connectivity index (χ4v) is 2.47. The summed E-state index contributed by atoms with van der Waals surface area (Å²) in [5, 5.41) is 23.6. The van der Waals surface area contributed by atoms with E-state index in [1.54, 1.807) is 14.0 Å². The number of aromatic nitrogens is 2. The summed E-state index contributed by atoms with van der Waals surface area (Å²) in [5.41, 5.74) is 3.00. The highest BCUT2D eigenvalue weighted by Gasteiger charge is 2.13. The van der Waals surface area contributed by atoms with Gasteiger partial charge in [-0.15, -0.1) is 0 Å². The van der Waals surface area contributed by atoms with Gasteiger partial charge in [-0.2, -0.15) is 5.26 Å². The Hall–Kier alpha value is -3.79. The molecule has 0 unspecified atom stereocenters. The van der Waals surface area contributed by atoms with Crippen LogP contribution in [0.2, 0.25) is 0 Å². The third kappa shape index (κ3) is 4.07. The molecule has 3 aromatic rings. The van der Waals surface area contributed by atoms with Gasteiger partial charge in [0.1, 0.15) is 17.4 Å². The molecule has 0 radical (unpaired) electrons. The van der Waals surface area contributed by atoms with Crippen LogP contribution in [0.25, 0.3) is 16.6 Å². The van der Waals surface area contributed by atoms with Crippen molar-refractivity contribution in [3.05, 3.63) is 65.7 Å². The SMILES string of the molecule is COc1ccc(C(C)=NOCC(O)=C(C#N)c2nc3ccccc3[nH]2)cc1. The van der Waals surface area contributed by atoms with Crippen LogP contribution in [-0.4, -0.2) is 34.5 Å². The molecule has 0 fully saturated rings. The number of allylic oxidation sites excluding steroid dienone is 1. The molecule has 27 heavy (non-hydrogen) atoms. The van der Waals surface area contributed by atoms with E-state index in [0.29, 0.717) is 11.2 Å². The Morgan fingerprint density at radius 1 is 1.22 bits per heavy atom. The Labute approximate surface area is 156 Å². The van der Waals surface area contributed by atoms with Gasteiger partial charge in [0.2, 0.25) is 0 Å². The van der Waals surface area contributed by atoms with Gasteiger partial charge in [-0.05, 0) is 48.9 Å². The predicted octanol–water partition coefficient (Wildman–Crippen LogP) is 3.80. The Morgan fingerprint density at radius 3 is 2.63 bits per heavy atom. The van der Waals surface area contributed by atoms with E-state index in [1.807, 2.05) is 54.6 Å². The van der Waals surface area contributed by atoms with Crippen LogP contribution in [0.1, 0.15) is 18.3 Å². The van der Waals surface area contributed by atoms with Crippen molar-refractivity contribution >= 4 is 22.3 Å². The van der Waals surface area contributed by atoms with Gasteiger partial charge in [-0.1, -0.05) is 17.3 Å². The fourth-order valence-electron chi connectivity index (χ4n) is 2.47. The number of H-pyrrole nitrogens is 1. The molecule has 136 valence electrons. The van der Waals surface area contributed by atoms with Crippen LogP contribution in [-0.2, 0) is 4.84 Å². The Bertz CT molecular complexity index is 1010. The van der Waals surface area contributed by atoms with Crippen LogP contribution in [0.15, 0.2) is 59.4 Å². The van der Waals surface area contributed by atoms with E-state index in [9.17, 15) is 10.4 Å². The summed E-state index contributed by atoms with van der Waals surface area (Å²) < 4.78 is 5.11. The normalized spacial score (nSPS) is 12.4. The summed E-state index contributed by atoms with van der Waals surface area (Å²) in [7, 11) is 1.60. The van der Waals surface area contributed by atoms with E-state index in [1.165, 1.54) is 0 Å². The number of aromatic amines is 1. The Balaban J connectivity index is 1.73. The lowest BCUT2D eigenvalue weighted by Gasteiger charge is -2.04. The Kier molecular flexibility index (Phi) is 5.38. The van der Waals surface area contributed by atoms with Crippen molar-refractivity contribution in [1.82, 2.24) is 9.97 Å². The molecule has 2 aromatic carbocycles. The van der Waals surface area contributed by atoms with Crippen LogP contribution in [0.3, 0.4) is 0 Å². The van der Waals surface area contributed by atoms with Gasteiger partial charge in [-0.3, -0.25) is 0 Å². The number of fused-ring (bicyclic) bond motifs is 1. The van der Waals surface area contributed by atoms with Crippen molar-refractivity contribution in [3.63, 3.8) is 0 Å². The number of hydrogen-bond donors (Lipinski definition) is 2. The first kappa shape index (κ1) is 18.0. The zero-order chi connectivity index (χ0) is 19.2. The molecule has 0 spiro atoms. The maximum Gasteiger partial charge on any atom is 0.175 e. The molecular formula is C20H18N4O3. The van der Waals surface area contributed by atoms with E-state index in [-0.39, 0.29) is 23.8 Å². The zero-order valence-corrected chi connectivity index (χ0v) is 14.9. The number of imidazole rings is 1.